The summed E-state index contributed by atoms with van der Waals surface area (Å²) in [5.74, 6) is -0.0336. The largest absolute Gasteiger partial charge is 0.398 e. The van der Waals surface area contributed by atoms with E-state index in [0.717, 1.165) is 0 Å². The molecule has 2 aromatic carbocycles. The Bertz CT molecular complexity index is 482. The average molecular weight is 220 g/mol. The Kier molecular flexibility index (Phi) is 4.74. The van der Waals surface area contributed by atoms with Crippen LogP contribution in [0.15, 0.2) is 54.6 Å². The van der Waals surface area contributed by atoms with Crippen molar-refractivity contribution >= 4 is 41.0 Å². The topological polar surface area (TPSA) is 43.1 Å². The molecular formula is C13H11NNaO. The minimum atomic E-state index is -0.0336. The fraction of sp³-hybridized carbons (Fsp3) is 0. The molecule has 0 unspecified atom stereocenters. The van der Waals surface area contributed by atoms with Crippen LogP contribution >= 0.6 is 0 Å². The van der Waals surface area contributed by atoms with Gasteiger partial charge < -0.3 is 5.73 Å². The SMILES string of the molecule is Nc1ccccc1C(=O)c1ccccc1.[Na]. The first-order valence-corrected chi connectivity index (χ1v) is 4.73. The van der Waals surface area contributed by atoms with Gasteiger partial charge in [0.25, 0.3) is 0 Å². The number of hydrogen-bond donors (Lipinski definition) is 1. The third kappa shape index (κ3) is 2.73. The predicted octanol–water partition coefficient (Wildman–Crippen LogP) is 2.12. The summed E-state index contributed by atoms with van der Waals surface area (Å²) in [5, 5.41) is 0. The second-order valence-electron chi connectivity index (χ2n) is 3.28. The van der Waals surface area contributed by atoms with Gasteiger partial charge in [-0.3, -0.25) is 4.79 Å². The summed E-state index contributed by atoms with van der Waals surface area (Å²) in [4.78, 5) is 12.0. The van der Waals surface area contributed by atoms with Crippen molar-refractivity contribution in [1.29, 1.82) is 0 Å². The van der Waals surface area contributed by atoms with Crippen molar-refractivity contribution in [3.63, 3.8) is 0 Å². The van der Waals surface area contributed by atoms with Crippen LogP contribution in [0.25, 0.3) is 0 Å². The van der Waals surface area contributed by atoms with Crippen molar-refractivity contribution in [3.05, 3.63) is 65.7 Å². The van der Waals surface area contributed by atoms with E-state index >= 15 is 0 Å². The first-order chi connectivity index (χ1) is 7.29. The normalized spacial score (nSPS) is 9.25. The minimum absolute atomic E-state index is 0. The fourth-order valence-corrected chi connectivity index (χ4v) is 1.45. The number of para-hydroxylation sites is 1. The number of nitrogen functional groups attached to an aromatic ring is 1. The maximum atomic E-state index is 12.0. The summed E-state index contributed by atoms with van der Waals surface area (Å²) in [6, 6.07) is 16.2. The van der Waals surface area contributed by atoms with Gasteiger partial charge in [-0.2, -0.15) is 0 Å². The molecule has 0 heterocycles. The van der Waals surface area contributed by atoms with Crippen LogP contribution in [0, 0.1) is 0 Å². The first kappa shape index (κ1) is 13.0. The Labute approximate surface area is 117 Å². The van der Waals surface area contributed by atoms with Crippen molar-refractivity contribution in [2.75, 3.05) is 5.73 Å². The zero-order chi connectivity index (χ0) is 10.7. The summed E-state index contributed by atoms with van der Waals surface area (Å²) in [7, 11) is 0. The number of rotatable bonds is 2. The number of carbonyl (C=O) groups excluding carboxylic acids is 1. The van der Waals surface area contributed by atoms with Crippen LogP contribution in [0.2, 0.25) is 0 Å². The molecule has 0 atom stereocenters. The molecule has 0 bridgehead atoms. The van der Waals surface area contributed by atoms with E-state index in [2.05, 4.69) is 0 Å². The predicted molar refractivity (Wildman–Crippen MR) is 66.5 cm³/mol. The van der Waals surface area contributed by atoms with Crippen LogP contribution in [0.5, 0.6) is 0 Å². The number of carbonyl (C=O) groups is 1. The van der Waals surface area contributed by atoms with Crippen LogP contribution in [-0.4, -0.2) is 35.3 Å². The van der Waals surface area contributed by atoms with Crippen LogP contribution < -0.4 is 5.73 Å². The molecule has 2 aromatic rings. The van der Waals surface area contributed by atoms with Crippen LogP contribution in [0.1, 0.15) is 15.9 Å². The molecule has 0 aliphatic heterocycles. The number of anilines is 1. The first-order valence-electron chi connectivity index (χ1n) is 4.73. The van der Waals surface area contributed by atoms with Gasteiger partial charge in [0.1, 0.15) is 0 Å². The van der Waals surface area contributed by atoms with Crippen molar-refractivity contribution in [2.45, 2.75) is 0 Å². The Morgan fingerprint density at radius 1 is 0.875 bits per heavy atom. The summed E-state index contributed by atoms with van der Waals surface area (Å²) in [5.41, 5.74) is 7.48. The van der Waals surface area contributed by atoms with Gasteiger partial charge in [0.05, 0.1) is 0 Å². The van der Waals surface area contributed by atoms with Gasteiger partial charge in [-0.05, 0) is 12.1 Å². The number of hydrogen-bond acceptors (Lipinski definition) is 2. The van der Waals surface area contributed by atoms with Gasteiger partial charge in [0, 0.05) is 46.4 Å². The van der Waals surface area contributed by atoms with E-state index in [1.807, 2.05) is 30.3 Å². The molecule has 1 radical (unpaired) electrons. The maximum absolute atomic E-state index is 12.0. The van der Waals surface area contributed by atoms with Gasteiger partial charge in [0.15, 0.2) is 5.78 Å². The third-order valence-electron chi connectivity index (χ3n) is 2.24. The molecule has 0 aliphatic rings. The van der Waals surface area contributed by atoms with E-state index in [-0.39, 0.29) is 35.3 Å². The minimum Gasteiger partial charge on any atom is -0.398 e. The van der Waals surface area contributed by atoms with Gasteiger partial charge in [0.2, 0.25) is 0 Å². The molecule has 75 valence electrons. The molecule has 0 amide bonds. The van der Waals surface area contributed by atoms with Crippen molar-refractivity contribution in [3.8, 4) is 0 Å². The smallest absolute Gasteiger partial charge is 0.195 e. The Balaban J connectivity index is 0.00000128. The number of ketones is 1. The number of benzene rings is 2. The molecule has 0 saturated carbocycles. The quantitative estimate of drug-likeness (QED) is 0.478. The standard InChI is InChI=1S/C13H11NO.Na/c14-12-9-5-4-8-11(12)13(15)10-6-2-1-3-7-10;/h1-9H,14H2;. The third-order valence-corrected chi connectivity index (χ3v) is 2.24. The fourth-order valence-electron chi connectivity index (χ4n) is 1.45. The molecule has 2 rings (SSSR count). The molecule has 16 heavy (non-hydrogen) atoms. The molecule has 0 aliphatic carbocycles. The van der Waals surface area contributed by atoms with E-state index in [4.69, 9.17) is 5.73 Å². The van der Waals surface area contributed by atoms with Crippen LogP contribution in [0.4, 0.5) is 5.69 Å². The van der Waals surface area contributed by atoms with Crippen molar-refractivity contribution in [1.82, 2.24) is 0 Å². The molecule has 0 aromatic heterocycles. The number of nitrogens with two attached hydrogens (primary N) is 1. The van der Waals surface area contributed by atoms with E-state index in [9.17, 15) is 4.79 Å². The summed E-state index contributed by atoms with van der Waals surface area (Å²) >= 11 is 0. The summed E-state index contributed by atoms with van der Waals surface area (Å²) in [6.45, 7) is 0. The van der Waals surface area contributed by atoms with Crippen LogP contribution in [-0.2, 0) is 0 Å². The van der Waals surface area contributed by atoms with Crippen molar-refractivity contribution < 1.29 is 4.79 Å². The molecule has 2 N–H and O–H groups in total. The molecular weight excluding hydrogens is 209 g/mol. The van der Waals surface area contributed by atoms with E-state index < -0.39 is 0 Å². The molecule has 3 heteroatoms. The zero-order valence-electron chi connectivity index (χ0n) is 9.18. The summed E-state index contributed by atoms with van der Waals surface area (Å²) < 4.78 is 0. The van der Waals surface area contributed by atoms with E-state index in [1.54, 1.807) is 24.3 Å². The Hall–Kier alpha value is -1.09. The van der Waals surface area contributed by atoms with Gasteiger partial charge >= 0.3 is 0 Å². The Morgan fingerprint density at radius 2 is 1.44 bits per heavy atom. The monoisotopic (exact) mass is 220 g/mol. The maximum Gasteiger partial charge on any atom is 0.195 e. The van der Waals surface area contributed by atoms with E-state index in [1.165, 1.54) is 0 Å². The second kappa shape index (κ2) is 5.85. The van der Waals surface area contributed by atoms with E-state index in [0.29, 0.717) is 16.8 Å². The summed E-state index contributed by atoms with van der Waals surface area (Å²) in [6.07, 6.45) is 0. The second-order valence-corrected chi connectivity index (χ2v) is 3.28. The van der Waals surface area contributed by atoms with Gasteiger partial charge in [-0.1, -0.05) is 42.5 Å². The van der Waals surface area contributed by atoms with Crippen molar-refractivity contribution in [2.24, 2.45) is 0 Å². The Morgan fingerprint density at radius 3 is 2.06 bits per heavy atom. The molecule has 0 fully saturated rings. The average Bonchev–Trinajstić information content (AvgIpc) is 2.30. The zero-order valence-corrected chi connectivity index (χ0v) is 11.2. The molecule has 0 spiro atoms. The van der Waals surface area contributed by atoms with Gasteiger partial charge in [-0.15, -0.1) is 0 Å². The van der Waals surface area contributed by atoms with Crippen LogP contribution in [0.3, 0.4) is 0 Å². The molecule has 2 nitrogen and oxygen atoms in total. The van der Waals surface area contributed by atoms with Gasteiger partial charge in [-0.25, -0.2) is 0 Å². The molecule has 0 saturated heterocycles.